The number of hydrogen-bond donors (Lipinski definition) is 1. The lowest BCUT2D eigenvalue weighted by atomic mass is 10.1. The van der Waals surface area contributed by atoms with Crippen molar-refractivity contribution >= 4 is 16.8 Å². The molecule has 1 N–H and O–H groups in total. The number of piperazine rings is 1. The molecule has 3 rings (SSSR count). The summed E-state index contributed by atoms with van der Waals surface area (Å²) in [5, 5.41) is 1.02. The van der Waals surface area contributed by atoms with Crippen LogP contribution in [0.15, 0.2) is 30.5 Å². The normalized spacial score (nSPS) is 17.3. The molecule has 1 aromatic carbocycles. The number of hydrogen-bond acceptors (Lipinski definition) is 2. The third-order valence-electron chi connectivity index (χ3n) is 3.62. The first-order valence-corrected chi connectivity index (χ1v) is 6.29. The highest BCUT2D eigenvalue weighted by atomic mass is 16.2. The quantitative estimate of drug-likeness (QED) is 0.825. The van der Waals surface area contributed by atoms with Crippen molar-refractivity contribution < 1.29 is 4.79 Å². The van der Waals surface area contributed by atoms with Crippen molar-refractivity contribution in [2.24, 2.45) is 0 Å². The molecule has 2 heterocycles. The van der Waals surface area contributed by atoms with E-state index < -0.39 is 0 Å². The fourth-order valence-corrected chi connectivity index (χ4v) is 2.45. The van der Waals surface area contributed by atoms with Gasteiger partial charge in [-0.15, -0.1) is 0 Å². The third-order valence-corrected chi connectivity index (χ3v) is 3.62. The van der Waals surface area contributed by atoms with E-state index in [0.29, 0.717) is 0 Å². The van der Waals surface area contributed by atoms with Gasteiger partial charge in [-0.3, -0.25) is 4.79 Å². The molecule has 1 aromatic heterocycles. The van der Waals surface area contributed by atoms with Gasteiger partial charge in [-0.25, -0.2) is 0 Å². The summed E-state index contributed by atoms with van der Waals surface area (Å²) < 4.78 is 0. The lowest BCUT2D eigenvalue weighted by Crippen LogP contribution is -2.47. The van der Waals surface area contributed by atoms with Crippen LogP contribution in [0.2, 0.25) is 0 Å². The maximum atomic E-state index is 12.5. The number of aromatic amines is 1. The Morgan fingerprint density at radius 1 is 1.17 bits per heavy atom. The van der Waals surface area contributed by atoms with Crippen molar-refractivity contribution in [3.63, 3.8) is 0 Å². The van der Waals surface area contributed by atoms with Gasteiger partial charge in [-0.2, -0.15) is 0 Å². The van der Waals surface area contributed by atoms with Crippen LogP contribution in [0.25, 0.3) is 10.9 Å². The summed E-state index contributed by atoms with van der Waals surface area (Å²) in [6, 6.07) is 7.81. The Morgan fingerprint density at radius 2 is 1.94 bits per heavy atom. The van der Waals surface area contributed by atoms with Crippen molar-refractivity contribution in [3.05, 3.63) is 36.0 Å². The van der Waals surface area contributed by atoms with E-state index in [9.17, 15) is 4.79 Å². The molecule has 4 nitrogen and oxygen atoms in total. The van der Waals surface area contributed by atoms with Crippen LogP contribution in [0.5, 0.6) is 0 Å². The molecule has 0 unspecified atom stereocenters. The molecule has 1 aliphatic rings. The number of amides is 1. The van der Waals surface area contributed by atoms with E-state index in [1.165, 1.54) is 0 Å². The fraction of sp³-hybridized carbons (Fsp3) is 0.357. The number of likely N-dealkylation sites (N-methyl/N-ethyl adjacent to an activating group) is 1. The molecule has 94 valence electrons. The summed E-state index contributed by atoms with van der Waals surface area (Å²) in [6.45, 7) is 3.54. The standard InChI is InChI=1S/C14H17N3O/c1-16-7-9-17(10-8-16)14(18)12-3-2-4-13-11(12)5-6-15-13/h2-6,15H,7-10H2,1H3. The van der Waals surface area contributed by atoms with E-state index in [1.54, 1.807) is 0 Å². The van der Waals surface area contributed by atoms with Gasteiger partial charge >= 0.3 is 0 Å². The Morgan fingerprint density at radius 3 is 2.72 bits per heavy atom. The van der Waals surface area contributed by atoms with Crippen molar-refractivity contribution in [1.82, 2.24) is 14.8 Å². The van der Waals surface area contributed by atoms with E-state index in [4.69, 9.17) is 0 Å². The van der Waals surface area contributed by atoms with E-state index in [1.807, 2.05) is 35.4 Å². The van der Waals surface area contributed by atoms with Crippen LogP contribution in [-0.4, -0.2) is 53.9 Å². The molecule has 4 heteroatoms. The lowest BCUT2D eigenvalue weighted by Gasteiger charge is -2.32. The minimum absolute atomic E-state index is 0.147. The molecule has 1 saturated heterocycles. The van der Waals surface area contributed by atoms with Crippen molar-refractivity contribution in [3.8, 4) is 0 Å². The van der Waals surface area contributed by atoms with Gasteiger partial charge in [0.1, 0.15) is 0 Å². The molecule has 0 bridgehead atoms. The van der Waals surface area contributed by atoms with Gasteiger partial charge in [0, 0.05) is 48.8 Å². The summed E-state index contributed by atoms with van der Waals surface area (Å²) in [7, 11) is 2.09. The van der Waals surface area contributed by atoms with Crippen LogP contribution in [0.4, 0.5) is 0 Å². The number of benzene rings is 1. The zero-order valence-electron chi connectivity index (χ0n) is 10.5. The van der Waals surface area contributed by atoms with Gasteiger partial charge in [0.05, 0.1) is 0 Å². The molecule has 0 spiro atoms. The number of nitrogens with zero attached hydrogens (tertiary/aromatic N) is 2. The summed E-state index contributed by atoms with van der Waals surface area (Å²) in [5.74, 6) is 0.147. The highest BCUT2D eigenvalue weighted by Crippen LogP contribution is 2.19. The molecule has 0 radical (unpaired) electrons. The topological polar surface area (TPSA) is 39.3 Å². The van der Waals surface area contributed by atoms with Gasteiger partial charge in [-0.05, 0) is 25.2 Å². The molecule has 0 atom stereocenters. The maximum absolute atomic E-state index is 12.5. The SMILES string of the molecule is CN1CCN(C(=O)c2cccc3[nH]ccc23)CC1. The minimum Gasteiger partial charge on any atom is -0.361 e. The molecule has 1 fully saturated rings. The number of fused-ring (bicyclic) bond motifs is 1. The van der Waals surface area contributed by atoms with Gasteiger partial charge in [-0.1, -0.05) is 6.07 Å². The van der Waals surface area contributed by atoms with Crippen LogP contribution in [0, 0.1) is 0 Å². The summed E-state index contributed by atoms with van der Waals surface area (Å²) in [5.41, 5.74) is 1.83. The zero-order valence-corrected chi connectivity index (χ0v) is 10.5. The predicted molar refractivity (Wildman–Crippen MR) is 71.7 cm³/mol. The van der Waals surface area contributed by atoms with Gasteiger partial charge in [0.2, 0.25) is 0 Å². The first-order valence-electron chi connectivity index (χ1n) is 6.29. The predicted octanol–water partition coefficient (Wildman–Crippen LogP) is 1.56. The average Bonchev–Trinajstić information content (AvgIpc) is 2.87. The second-order valence-corrected chi connectivity index (χ2v) is 4.84. The van der Waals surface area contributed by atoms with Gasteiger partial charge < -0.3 is 14.8 Å². The third kappa shape index (κ3) is 1.88. The second-order valence-electron chi connectivity index (χ2n) is 4.84. The Kier molecular flexibility index (Phi) is 2.80. The van der Waals surface area contributed by atoms with E-state index in [0.717, 1.165) is 42.6 Å². The highest BCUT2D eigenvalue weighted by molar-refractivity contribution is 6.06. The number of nitrogens with one attached hydrogen (secondary N) is 1. The lowest BCUT2D eigenvalue weighted by molar-refractivity contribution is 0.0666. The monoisotopic (exact) mass is 243 g/mol. The molecular formula is C14H17N3O. The minimum atomic E-state index is 0.147. The number of H-pyrrole nitrogens is 1. The van der Waals surface area contributed by atoms with Crippen molar-refractivity contribution in [2.45, 2.75) is 0 Å². The highest BCUT2D eigenvalue weighted by Gasteiger charge is 2.21. The molecular weight excluding hydrogens is 226 g/mol. The molecule has 1 amide bonds. The van der Waals surface area contributed by atoms with Crippen LogP contribution >= 0.6 is 0 Å². The number of rotatable bonds is 1. The summed E-state index contributed by atoms with van der Waals surface area (Å²) in [6.07, 6.45) is 1.88. The van der Waals surface area contributed by atoms with E-state index >= 15 is 0 Å². The molecule has 2 aromatic rings. The van der Waals surface area contributed by atoms with Crippen molar-refractivity contribution in [2.75, 3.05) is 33.2 Å². The first kappa shape index (κ1) is 11.3. The number of carbonyl (C=O) groups excluding carboxylic acids is 1. The Labute approximate surface area is 106 Å². The maximum Gasteiger partial charge on any atom is 0.254 e. The summed E-state index contributed by atoms with van der Waals surface area (Å²) >= 11 is 0. The van der Waals surface area contributed by atoms with E-state index in [-0.39, 0.29) is 5.91 Å². The van der Waals surface area contributed by atoms with Gasteiger partial charge in [0.15, 0.2) is 0 Å². The molecule has 1 aliphatic heterocycles. The fourth-order valence-electron chi connectivity index (χ4n) is 2.45. The largest absolute Gasteiger partial charge is 0.361 e. The van der Waals surface area contributed by atoms with Crippen LogP contribution in [-0.2, 0) is 0 Å². The van der Waals surface area contributed by atoms with Crippen LogP contribution < -0.4 is 0 Å². The zero-order chi connectivity index (χ0) is 12.5. The average molecular weight is 243 g/mol. The number of aromatic nitrogens is 1. The molecule has 18 heavy (non-hydrogen) atoms. The number of carbonyl (C=O) groups is 1. The second kappa shape index (κ2) is 4.46. The molecule has 0 aliphatic carbocycles. The van der Waals surface area contributed by atoms with E-state index in [2.05, 4.69) is 16.9 Å². The first-order chi connectivity index (χ1) is 8.75. The Bertz CT molecular complexity index is 567. The van der Waals surface area contributed by atoms with Crippen molar-refractivity contribution in [1.29, 1.82) is 0 Å². The molecule has 0 saturated carbocycles. The Balaban J connectivity index is 1.90. The smallest absolute Gasteiger partial charge is 0.254 e. The van der Waals surface area contributed by atoms with Crippen LogP contribution in [0.3, 0.4) is 0 Å². The van der Waals surface area contributed by atoms with Crippen LogP contribution in [0.1, 0.15) is 10.4 Å². The van der Waals surface area contributed by atoms with Gasteiger partial charge in [0.25, 0.3) is 5.91 Å². The Hall–Kier alpha value is -1.81. The summed E-state index contributed by atoms with van der Waals surface area (Å²) in [4.78, 5) is 19.9.